The lowest BCUT2D eigenvalue weighted by molar-refractivity contribution is -0.118. The molecule has 0 aliphatic rings. The summed E-state index contributed by atoms with van der Waals surface area (Å²) in [6, 6.07) is 14.3. The van der Waals surface area contributed by atoms with Crippen molar-refractivity contribution in [2.24, 2.45) is 0 Å². The number of amides is 1. The maximum atomic E-state index is 11.8. The van der Waals surface area contributed by atoms with E-state index in [1.54, 1.807) is 30.3 Å². The Morgan fingerprint density at radius 3 is 2.52 bits per heavy atom. The van der Waals surface area contributed by atoms with Crippen LogP contribution in [0.1, 0.15) is 6.92 Å². The summed E-state index contributed by atoms with van der Waals surface area (Å²) in [5.41, 5.74) is 6.87. The van der Waals surface area contributed by atoms with Crippen molar-refractivity contribution < 1.29 is 14.3 Å². The number of carbonyl (C=O) groups excluding carboxylic acids is 1. The maximum absolute atomic E-state index is 11.8. The summed E-state index contributed by atoms with van der Waals surface area (Å²) >= 11 is 0. The highest BCUT2D eigenvalue weighted by Crippen LogP contribution is 2.24. The fraction of sp³-hybridized carbons (Fsp3) is 0.188. The highest BCUT2D eigenvalue weighted by atomic mass is 16.5. The van der Waals surface area contributed by atoms with Gasteiger partial charge in [-0.25, -0.2) is 0 Å². The van der Waals surface area contributed by atoms with Gasteiger partial charge in [0, 0.05) is 6.07 Å². The third kappa shape index (κ3) is 4.42. The van der Waals surface area contributed by atoms with Crippen LogP contribution in [0.3, 0.4) is 0 Å². The van der Waals surface area contributed by atoms with Crippen LogP contribution in [0.15, 0.2) is 48.5 Å². The van der Waals surface area contributed by atoms with Gasteiger partial charge in [-0.3, -0.25) is 4.79 Å². The molecule has 21 heavy (non-hydrogen) atoms. The molecule has 3 N–H and O–H groups in total. The van der Waals surface area contributed by atoms with Crippen LogP contribution in [-0.4, -0.2) is 19.1 Å². The molecule has 0 aliphatic heterocycles. The molecular weight excluding hydrogens is 268 g/mol. The number of anilines is 2. The second kappa shape index (κ2) is 7.19. The van der Waals surface area contributed by atoms with E-state index in [0.29, 0.717) is 29.5 Å². The van der Waals surface area contributed by atoms with Crippen molar-refractivity contribution >= 4 is 17.3 Å². The highest BCUT2D eigenvalue weighted by Gasteiger charge is 2.07. The summed E-state index contributed by atoms with van der Waals surface area (Å²) in [5, 5.41) is 2.71. The quantitative estimate of drug-likeness (QED) is 0.801. The van der Waals surface area contributed by atoms with Crippen LogP contribution in [0, 0.1) is 0 Å². The fourth-order valence-electron chi connectivity index (χ4n) is 1.76. The number of hydrogen-bond acceptors (Lipinski definition) is 4. The van der Waals surface area contributed by atoms with E-state index in [9.17, 15) is 4.79 Å². The van der Waals surface area contributed by atoms with Gasteiger partial charge < -0.3 is 20.5 Å². The lowest BCUT2D eigenvalue weighted by Gasteiger charge is -2.11. The number of nitrogens with two attached hydrogens (primary N) is 1. The SMILES string of the molecule is CCOc1ccc(NC(=O)COc2ccccc2)c(N)c1. The Morgan fingerprint density at radius 1 is 1.10 bits per heavy atom. The Labute approximate surface area is 123 Å². The van der Waals surface area contributed by atoms with Crippen LogP contribution in [0.25, 0.3) is 0 Å². The molecule has 5 nitrogen and oxygen atoms in total. The number of ether oxygens (including phenoxy) is 2. The first-order chi connectivity index (χ1) is 10.2. The van der Waals surface area contributed by atoms with Gasteiger partial charge in [-0.15, -0.1) is 0 Å². The van der Waals surface area contributed by atoms with E-state index in [1.807, 2.05) is 25.1 Å². The molecule has 2 aromatic rings. The van der Waals surface area contributed by atoms with Crippen molar-refractivity contribution in [2.75, 3.05) is 24.3 Å². The van der Waals surface area contributed by atoms with E-state index >= 15 is 0 Å². The first-order valence-electron chi connectivity index (χ1n) is 6.69. The molecule has 0 saturated heterocycles. The van der Waals surface area contributed by atoms with Crippen LogP contribution in [0.5, 0.6) is 11.5 Å². The molecule has 0 fully saturated rings. The minimum absolute atomic E-state index is 0.0728. The summed E-state index contributed by atoms with van der Waals surface area (Å²) in [7, 11) is 0. The minimum atomic E-state index is -0.269. The molecule has 0 heterocycles. The molecule has 0 atom stereocenters. The summed E-state index contributed by atoms with van der Waals surface area (Å²) in [6.07, 6.45) is 0. The second-order valence-corrected chi connectivity index (χ2v) is 4.33. The first-order valence-corrected chi connectivity index (χ1v) is 6.69. The van der Waals surface area contributed by atoms with Crippen LogP contribution in [0.2, 0.25) is 0 Å². The topological polar surface area (TPSA) is 73.6 Å². The summed E-state index contributed by atoms with van der Waals surface area (Å²) in [5.74, 6) is 1.05. The third-order valence-electron chi connectivity index (χ3n) is 2.72. The van der Waals surface area contributed by atoms with Gasteiger partial charge in [0.25, 0.3) is 5.91 Å². The molecular formula is C16H18N2O3. The molecule has 1 amide bonds. The molecule has 2 rings (SSSR count). The van der Waals surface area contributed by atoms with Crippen molar-refractivity contribution in [1.82, 2.24) is 0 Å². The number of para-hydroxylation sites is 1. The van der Waals surface area contributed by atoms with Crippen LogP contribution >= 0.6 is 0 Å². The van der Waals surface area contributed by atoms with Gasteiger partial charge in [0.05, 0.1) is 18.0 Å². The predicted molar refractivity (Wildman–Crippen MR) is 82.6 cm³/mol. The molecule has 0 bridgehead atoms. The van der Waals surface area contributed by atoms with Gasteiger partial charge in [-0.1, -0.05) is 18.2 Å². The molecule has 110 valence electrons. The van der Waals surface area contributed by atoms with E-state index in [2.05, 4.69) is 5.32 Å². The Hall–Kier alpha value is -2.69. The monoisotopic (exact) mass is 286 g/mol. The summed E-state index contributed by atoms with van der Waals surface area (Å²) < 4.78 is 10.7. The highest BCUT2D eigenvalue weighted by molar-refractivity contribution is 5.95. The van der Waals surface area contributed by atoms with Crippen molar-refractivity contribution in [2.45, 2.75) is 6.92 Å². The molecule has 0 unspecified atom stereocenters. The molecule has 5 heteroatoms. The van der Waals surface area contributed by atoms with Gasteiger partial charge in [0.15, 0.2) is 6.61 Å². The number of hydrogen-bond donors (Lipinski definition) is 2. The standard InChI is InChI=1S/C16H18N2O3/c1-2-20-13-8-9-15(14(17)10-13)18-16(19)11-21-12-6-4-3-5-7-12/h3-10H,2,11,17H2,1H3,(H,18,19). The first kappa shape index (κ1) is 14.7. The molecule has 0 spiro atoms. The number of benzene rings is 2. The van der Waals surface area contributed by atoms with E-state index in [0.717, 1.165) is 0 Å². The lowest BCUT2D eigenvalue weighted by Crippen LogP contribution is -2.20. The predicted octanol–water partition coefficient (Wildman–Crippen LogP) is 2.69. The Kier molecular flexibility index (Phi) is 5.04. The normalized spacial score (nSPS) is 9.95. The van der Waals surface area contributed by atoms with E-state index < -0.39 is 0 Å². The molecule has 0 aromatic heterocycles. The van der Waals surface area contributed by atoms with Crippen LogP contribution < -0.4 is 20.5 Å². The van der Waals surface area contributed by atoms with Gasteiger partial charge >= 0.3 is 0 Å². The number of rotatable bonds is 6. The van der Waals surface area contributed by atoms with Crippen molar-refractivity contribution in [3.63, 3.8) is 0 Å². The van der Waals surface area contributed by atoms with Crippen LogP contribution in [0.4, 0.5) is 11.4 Å². The molecule has 0 aliphatic carbocycles. The van der Waals surface area contributed by atoms with Crippen molar-refractivity contribution in [3.05, 3.63) is 48.5 Å². The Balaban J connectivity index is 1.90. The smallest absolute Gasteiger partial charge is 0.262 e. The molecule has 0 saturated carbocycles. The fourth-order valence-corrected chi connectivity index (χ4v) is 1.76. The average molecular weight is 286 g/mol. The lowest BCUT2D eigenvalue weighted by atomic mass is 10.2. The summed E-state index contributed by atoms with van der Waals surface area (Å²) in [6.45, 7) is 2.39. The molecule has 0 radical (unpaired) electrons. The van der Waals surface area contributed by atoms with Gasteiger partial charge in [0.2, 0.25) is 0 Å². The minimum Gasteiger partial charge on any atom is -0.494 e. The maximum Gasteiger partial charge on any atom is 0.262 e. The van der Waals surface area contributed by atoms with Gasteiger partial charge in [-0.05, 0) is 31.2 Å². The molecule has 2 aromatic carbocycles. The van der Waals surface area contributed by atoms with E-state index in [1.165, 1.54) is 0 Å². The zero-order valence-electron chi connectivity index (χ0n) is 11.8. The number of carbonyl (C=O) groups is 1. The Bertz CT molecular complexity index is 600. The summed E-state index contributed by atoms with van der Waals surface area (Å²) in [4.78, 5) is 11.8. The van der Waals surface area contributed by atoms with E-state index in [4.69, 9.17) is 15.2 Å². The van der Waals surface area contributed by atoms with Crippen molar-refractivity contribution in [1.29, 1.82) is 0 Å². The zero-order chi connectivity index (χ0) is 15.1. The van der Waals surface area contributed by atoms with Gasteiger partial charge in [0.1, 0.15) is 11.5 Å². The van der Waals surface area contributed by atoms with Crippen molar-refractivity contribution in [3.8, 4) is 11.5 Å². The zero-order valence-corrected chi connectivity index (χ0v) is 11.8. The third-order valence-corrected chi connectivity index (χ3v) is 2.72. The van der Waals surface area contributed by atoms with Gasteiger partial charge in [-0.2, -0.15) is 0 Å². The Morgan fingerprint density at radius 2 is 1.86 bits per heavy atom. The average Bonchev–Trinajstić information content (AvgIpc) is 2.49. The number of nitrogen functional groups attached to an aromatic ring is 1. The van der Waals surface area contributed by atoms with Crippen LogP contribution in [-0.2, 0) is 4.79 Å². The van der Waals surface area contributed by atoms with E-state index in [-0.39, 0.29) is 12.5 Å². The number of nitrogens with one attached hydrogen (secondary N) is 1. The largest absolute Gasteiger partial charge is 0.494 e. The second-order valence-electron chi connectivity index (χ2n) is 4.33.